The number of aryl methyl sites for hydroxylation is 1. The Morgan fingerprint density at radius 2 is 2.06 bits per heavy atom. The molecule has 7 heteroatoms. The molecule has 36 heavy (non-hydrogen) atoms. The van der Waals surface area contributed by atoms with Gasteiger partial charge in [0.05, 0.1) is 18.7 Å². The molecule has 3 atom stereocenters. The summed E-state index contributed by atoms with van der Waals surface area (Å²) >= 11 is 6.29. The minimum Gasteiger partial charge on any atom is -0.497 e. The first-order valence-electron chi connectivity index (χ1n) is 12.7. The highest BCUT2D eigenvalue weighted by atomic mass is 35.5. The van der Waals surface area contributed by atoms with Crippen LogP contribution in [0.5, 0.6) is 5.75 Å². The molecule has 0 unspecified atom stereocenters. The van der Waals surface area contributed by atoms with Crippen molar-refractivity contribution in [1.29, 1.82) is 0 Å². The largest absolute Gasteiger partial charge is 0.497 e. The quantitative estimate of drug-likeness (QED) is 0.341. The van der Waals surface area contributed by atoms with Gasteiger partial charge in [0, 0.05) is 29.6 Å². The number of fused-ring (bicyclic) bond motifs is 1. The van der Waals surface area contributed by atoms with Crippen LogP contribution in [0.15, 0.2) is 54.7 Å². The molecule has 0 bridgehead atoms. The van der Waals surface area contributed by atoms with Crippen LogP contribution < -0.4 is 4.74 Å². The molecule has 6 nitrogen and oxygen atoms in total. The lowest BCUT2D eigenvalue weighted by Gasteiger charge is -2.38. The van der Waals surface area contributed by atoms with E-state index in [1.54, 1.807) is 13.3 Å². The molecule has 0 aliphatic carbocycles. The van der Waals surface area contributed by atoms with Gasteiger partial charge < -0.3 is 19.8 Å². The summed E-state index contributed by atoms with van der Waals surface area (Å²) in [6, 6.07) is 15.5. The van der Waals surface area contributed by atoms with Gasteiger partial charge in [0.1, 0.15) is 5.75 Å². The van der Waals surface area contributed by atoms with Crippen LogP contribution in [0.1, 0.15) is 49.3 Å². The number of hydrogen-bond donors (Lipinski definition) is 2. The molecule has 192 valence electrons. The topological polar surface area (TPSA) is 82.9 Å². The highest BCUT2D eigenvalue weighted by molar-refractivity contribution is 6.31. The summed E-state index contributed by atoms with van der Waals surface area (Å²) in [6.45, 7) is 2.67. The van der Waals surface area contributed by atoms with E-state index in [1.807, 2.05) is 42.5 Å². The molecule has 0 saturated carbocycles. The zero-order valence-corrected chi connectivity index (χ0v) is 21.5. The van der Waals surface area contributed by atoms with Crippen molar-refractivity contribution < 1.29 is 19.7 Å². The van der Waals surface area contributed by atoms with Crippen LogP contribution in [0.4, 0.5) is 0 Å². The maximum Gasteiger partial charge on any atom is 0.303 e. The van der Waals surface area contributed by atoms with Crippen LogP contribution in [0.25, 0.3) is 10.9 Å². The average Bonchev–Trinajstić information content (AvgIpc) is 2.88. The Morgan fingerprint density at radius 3 is 2.83 bits per heavy atom. The zero-order chi connectivity index (χ0) is 25.5. The lowest BCUT2D eigenvalue weighted by molar-refractivity contribution is -0.139. The Morgan fingerprint density at radius 1 is 1.22 bits per heavy atom. The van der Waals surface area contributed by atoms with Gasteiger partial charge in [-0.05, 0) is 98.5 Å². The summed E-state index contributed by atoms with van der Waals surface area (Å²) in [5, 5.41) is 22.3. The van der Waals surface area contributed by atoms with E-state index in [1.165, 1.54) is 0 Å². The van der Waals surface area contributed by atoms with Gasteiger partial charge in [0.2, 0.25) is 0 Å². The van der Waals surface area contributed by atoms with Crippen molar-refractivity contribution in [1.82, 2.24) is 9.88 Å². The van der Waals surface area contributed by atoms with Gasteiger partial charge in [0.25, 0.3) is 0 Å². The molecule has 0 amide bonds. The molecule has 2 N–H and O–H groups in total. The molecule has 0 spiro atoms. The number of hydrogen-bond acceptors (Lipinski definition) is 5. The van der Waals surface area contributed by atoms with Crippen LogP contribution in [0.3, 0.4) is 0 Å². The van der Waals surface area contributed by atoms with Crippen molar-refractivity contribution in [3.05, 3.63) is 70.9 Å². The van der Waals surface area contributed by atoms with Gasteiger partial charge in [-0.25, -0.2) is 0 Å². The minimum atomic E-state index is -0.754. The second kappa shape index (κ2) is 12.5. The molecule has 1 aromatic heterocycles. The number of benzene rings is 2. The van der Waals surface area contributed by atoms with Crippen molar-refractivity contribution in [3.8, 4) is 5.75 Å². The smallest absolute Gasteiger partial charge is 0.303 e. The number of rotatable bonds is 11. The van der Waals surface area contributed by atoms with Gasteiger partial charge in [0.15, 0.2) is 0 Å². The first kappa shape index (κ1) is 26.4. The minimum absolute atomic E-state index is 0.0815. The predicted molar refractivity (Wildman–Crippen MR) is 143 cm³/mol. The number of aliphatic hydroxyl groups is 1. The highest BCUT2D eigenvalue weighted by Crippen LogP contribution is 2.35. The molecule has 2 heterocycles. The highest BCUT2D eigenvalue weighted by Gasteiger charge is 2.31. The summed E-state index contributed by atoms with van der Waals surface area (Å²) < 4.78 is 5.36. The molecule has 1 aliphatic heterocycles. The predicted octanol–water partition coefficient (Wildman–Crippen LogP) is 5.76. The van der Waals surface area contributed by atoms with Crippen LogP contribution >= 0.6 is 11.6 Å². The number of nitrogens with zero attached hydrogens (tertiary/aromatic N) is 2. The number of aliphatic carboxylic acids is 1. The van der Waals surface area contributed by atoms with E-state index in [-0.39, 0.29) is 18.3 Å². The van der Waals surface area contributed by atoms with Gasteiger partial charge >= 0.3 is 5.97 Å². The van der Waals surface area contributed by atoms with E-state index >= 15 is 0 Å². The molecule has 1 saturated heterocycles. The molecule has 1 aliphatic rings. The normalized spacial score (nSPS) is 19.3. The number of methoxy groups -OCH3 is 1. The van der Waals surface area contributed by atoms with Crippen LogP contribution in [0.2, 0.25) is 5.02 Å². The number of likely N-dealkylation sites (tertiary alicyclic amines) is 1. The van der Waals surface area contributed by atoms with Crippen LogP contribution in [-0.2, 0) is 11.2 Å². The Balaban J connectivity index is 1.35. The van der Waals surface area contributed by atoms with E-state index in [2.05, 4.69) is 16.0 Å². The number of piperidine rings is 1. The number of pyridine rings is 1. The third-order valence-corrected chi connectivity index (χ3v) is 7.81. The van der Waals surface area contributed by atoms with Crippen molar-refractivity contribution in [2.75, 3.05) is 26.7 Å². The lowest BCUT2D eigenvalue weighted by atomic mass is 9.79. The number of halogens is 1. The van der Waals surface area contributed by atoms with Gasteiger partial charge in [-0.15, -0.1) is 0 Å². The second-order valence-corrected chi connectivity index (χ2v) is 10.2. The fourth-order valence-corrected chi connectivity index (χ4v) is 5.71. The Kier molecular flexibility index (Phi) is 9.19. The van der Waals surface area contributed by atoms with E-state index in [4.69, 9.17) is 16.3 Å². The Hall–Kier alpha value is -2.67. The van der Waals surface area contributed by atoms with Gasteiger partial charge in [-0.3, -0.25) is 9.78 Å². The maximum absolute atomic E-state index is 11.6. The Bertz CT molecular complexity index is 1170. The third-order valence-electron chi connectivity index (χ3n) is 7.44. The lowest BCUT2D eigenvalue weighted by Crippen LogP contribution is -2.42. The van der Waals surface area contributed by atoms with Crippen molar-refractivity contribution in [2.45, 2.75) is 44.6 Å². The molecular weight excluding hydrogens is 476 g/mol. The Labute approximate surface area is 217 Å². The van der Waals surface area contributed by atoms with Crippen LogP contribution in [0, 0.1) is 11.8 Å². The monoisotopic (exact) mass is 510 g/mol. The van der Waals surface area contributed by atoms with E-state index in [9.17, 15) is 15.0 Å². The first-order chi connectivity index (χ1) is 17.4. The second-order valence-electron chi connectivity index (χ2n) is 9.78. The summed E-state index contributed by atoms with van der Waals surface area (Å²) in [7, 11) is 1.62. The summed E-state index contributed by atoms with van der Waals surface area (Å²) in [6.07, 6.45) is 5.48. The number of carboxylic acids is 1. The van der Waals surface area contributed by atoms with Gasteiger partial charge in [-0.1, -0.05) is 29.8 Å². The number of aliphatic hydroxyl groups excluding tert-OH is 1. The van der Waals surface area contributed by atoms with Crippen LogP contribution in [-0.4, -0.2) is 52.8 Å². The first-order valence-corrected chi connectivity index (χ1v) is 13.1. The van der Waals surface area contributed by atoms with Crippen molar-refractivity contribution >= 4 is 28.5 Å². The average molecular weight is 511 g/mol. The molecule has 4 rings (SSSR count). The molecule has 1 fully saturated rings. The van der Waals surface area contributed by atoms with E-state index in [0.717, 1.165) is 78.1 Å². The molecule has 2 aromatic carbocycles. The number of carbonyl (C=O) groups is 1. The summed E-state index contributed by atoms with van der Waals surface area (Å²) in [5.41, 5.74) is 2.82. The van der Waals surface area contributed by atoms with E-state index < -0.39 is 12.1 Å². The third kappa shape index (κ3) is 6.75. The van der Waals surface area contributed by atoms with E-state index in [0.29, 0.717) is 6.42 Å². The summed E-state index contributed by atoms with van der Waals surface area (Å²) in [5.74, 6) is 0.333. The maximum atomic E-state index is 11.6. The van der Waals surface area contributed by atoms with Crippen molar-refractivity contribution in [2.24, 2.45) is 11.8 Å². The summed E-state index contributed by atoms with van der Waals surface area (Å²) in [4.78, 5) is 18.4. The van der Waals surface area contributed by atoms with Gasteiger partial charge in [-0.2, -0.15) is 0 Å². The molecule has 0 radical (unpaired) electrons. The standard InChI is InChI=1S/C29H35ClN2O4/c1-36-23-9-10-27-25(18-23)24(12-14-31-27)28(33)11-8-20-13-16-32(19-22(20)17-29(34)35)15-4-6-21-5-2-3-7-26(21)30/h2-3,5,7,9-10,12,14,18,20,22,28,33H,4,6,8,11,13,15-17,19H2,1H3,(H,34,35)/t20-,22+,28-/m1/s1. The fraction of sp³-hybridized carbons (Fsp3) is 0.448. The number of aromatic nitrogens is 1. The number of carboxylic acid groups (broad SMARTS) is 1. The molecule has 3 aromatic rings. The zero-order valence-electron chi connectivity index (χ0n) is 20.8. The van der Waals surface area contributed by atoms with Crippen molar-refractivity contribution in [3.63, 3.8) is 0 Å². The fourth-order valence-electron chi connectivity index (χ4n) is 5.48. The molecular formula is C29H35ClN2O4. The SMILES string of the molecule is COc1ccc2nccc([C@H](O)CC[C@@H]3CCN(CCCc4ccccc4Cl)C[C@@H]3CC(=O)O)c2c1. The number of ether oxygens (including phenoxy) is 1.